The molecule has 0 radical (unpaired) electrons. The van der Waals surface area contributed by atoms with Crippen LogP contribution < -0.4 is 14.4 Å². The maximum absolute atomic E-state index is 14.6. The van der Waals surface area contributed by atoms with Crippen LogP contribution in [0.15, 0.2) is 108 Å². The highest BCUT2D eigenvalue weighted by atomic mass is 32.2. The van der Waals surface area contributed by atoms with E-state index in [-0.39, 0.29) is 35.5 Å². The van der Waals surface area contributed by atoms with E-state index in [2.05, 4.69) is 5.32 Å². The standard InChI is InChI=1S/C37H42FN3O5S/c1-5-28(4)39-37(43)35(24-29-13-8-7-9-14-29)40(25-30-15-11-10-12-27(30)3)36(42)26-41(32-18-16-31(38)17-19-32)47(44,45)34-22-20-33(21-23-34)46-6-2/h7-23,28,35H,5-6,24-26H2,1-4H3,(H,39,43)/t28-,35-/m0/s1. The number of ether oxygens (including phenoxy) is 1. The summed E-state index contributed by atoms with van der Waals surface area (Å²) in [4.78, 5) is 29.9. The molecule has 0 unspecified atom stereocenters. The Balaban J connectivity index is 1.80. The van der Waals surface area contributed by atoms with E-state index in [4.69, 9.17) is 4.74 Å². The lowest BCUT2D eigenvalue weighted by Crippen LogP contribution is -2.54. The van der Waals surface area contributed by atoms with Gasteiger partial charge in [-0.1, -0.05) is 61.5 Å². The lowest BCUT2D eigenvalue weighted by molar-refractivity contribution is -0.140. The Morgan fingerprint density at radius 2 is 1.51 bits per heavy atom. The largest absolute Gasteiger partial charge is 0.494 e. The fraction of sp³-hybridized carbons (Fsp3) is 0.297. The molecule has 0 saturated carbocycles. The molecular weight excluding hydrogens is 617 g/mol. The average Bonchev–Trinajstić information content (AvgIpc) is 3.07. The van der Waals surface area contributed by atoms with Crippen LogP contribution in [0.3, 0.4) is 0 Å². The van der Waals surface area contributed by atoms with Crippen molar-refractivity contribution in [2.45, 2.75) is 64.1 Å². The first-order valence-corrected chi connectivity index (χ1v) is 17.2. The van der Waals surface area contributed by atoms with Gasteiger partial charge in [0.15, 0.2) is 0 Å². The second-order valence-corrected chi connectivity index (χ2v) is 13.2. The maximum Gasteiger partial charge on any atom is 0.264 e. The van der Waals surface area contributed by atoms with Crippen molar-refractivity contribution in [2.75, 3.05) is 17.5 Å². The van der Waals surface area contributed by atoms with Crippen LogP contribution in [0.2, 0.25) is 0 Å². The van der Waals surface area contributed by atoms with Gasteiger partial charge < -0.3 is 15.0 Å². The van der Waals surface area contributed by atoms with Gasteiger partial charge in [0.2, 0.25) is 11.8 Å². The molecular formula is C37H42FN3O5S. The zero-order valence-corrected chi connectivity index (χ0v) is 28.0. The van der Waals surface area contributed by atoms with Crippen LogP contribution in [0.1, 0.15) is 43.9 Å². The predicted octanol–water partition coefficient (Wildman–Crippen LogP) is 6.28. The van der Waals surface area contributed by atoms with Crippen LogP contribution in [0.4, 0.5) is 10.1 Å². The van der Waals surface area contributed by atoms with Gasteiger partial charge in [-0.05, 0) is 92.4 Å². The molecule has 4 rings (SSSR count). The van der Waals surface area contributed by atoms with Crippen LogP contribution in [0, 0.1) is 12.7 Å². The van der Waals surface area contributed by atoms with Crippen LogP contribution in [-0.2, 0) is 32.6 Å². The molecule has 2 atom stereocenters. The average molecular weight is 660 g/mol. The van der Waals surface area contributed by atoms with Gasteiger partial charge in [0, 0.05) is 19.0 Å². The summed E-state index contributed by atoms with van der Waals surface area (Å²) in [6, 6.07) is 26.7. The van der Waals surface area contributed by atoms with Crippen molar-refractivity contribution >= 4 is 27.5 Å². The normalized spacial score (nSPS) is 12.5. The number of amides is 2. The molecule has 1 N–H and O–H groups in total. The monoisotopic (exact) mass is 659 g/mol. The van der Waals surface area contributed by atoms with Gasteiger partial charge >= 0.3 is 0 Å². The lowest BCUT2D eigenvalue weighted by atomic mass is 10.0. The number of rotatable bonds is 15. The summed E-state index contributed by atoms with van der Waals surface area (Å²) >= 11 is 0. The Labute approximate surface area is 277 Å². The first-order valence-electron chi connectivity index (χ1n) is 15.7. The minimum atomic E-state index is -4.33. The number of benzene rings is 4. The Bertz CT molecular complexity index is 1730. The van der Waals surface area contributed by atoms with Crippen LogP contribution >= 0.6 is 0 Å². The van der Waals surface area contributed by atoms with Gasteiger partial charge in [-0.25, -0.2) is 12.8 Å². The van der Waals surface area contributed by atoms with Crippen LogP contribution in [-0.4, -0.2) is 50.4 Å². The SMILES string of the molecule is CCOc1ccc(S(=O)(=O)N(CC(=O)N(Cc2ccccc2C)[C@@H](Cc2ccccc2)C(=O)N[C@@H](C)CC)c2ccc(F)cc2)cc1. The summed E-state index contributed by atoms with van der Waals surface area (Å²) < 4.78 is 48.8. The summed E-state index contributed by atoms with van der Waals surface area (Å²) in [5.41, 5.74) is 2.69. The quantitative estimate of drug-likeness (QED) is 0.162. The highest BCUT2D eigenvalue weighted by Crippen LogP contribution is 2.27. The summed E-state index contributed by atoms with van der Waals surface area (Å²) in [6.45, 7) is 7.44. The zero-order chi connectivity index (χ0) is 34.0. The smallest absolute Gasteiger partial charge is 0.264 e. The number of carbonyl (C=O) groups is 2. The first kappa shape index (κ1) is 35.2. The van der Waals surface area contributed by atoms with Crippen molar-refractivity contribution in [1.29, 1.82) is 0 Å². The van der Waals surface area contributed by atoms with Crippen molar-refractivity contribution in [1.82, 2.24) is 10.2 Å². The van der Waals surface area contributed by atoms with E-state index < -0.39 is 34.3 Å². The Kier molecular flexibility index (Phi) is 12.1. The zero-order valence-electron chi connectivity index (χ0n) is 27.2. The molecule has 0 heterocycles. The molecule has 10 heteroatoms. The number of nitrogens with one attached hydrogen (secondary N) is 1. The maximum atomic E-state index is 14.6. The van der Waals surface area contributed by atoms with E-state index in [1.807, 2.05) is 82.3 Å². The third-order valence-corrected chi connectivity index (χ3v) is 9.78. The summed E-state index contributed by atoms with van der Waals surface area (Å²) in [5, 5.41) is 3.03. The van der Waals surface area contributed by atoms with Gasteiger partial charge in [0.25, 0.3) is 10.0 Å². The molecule has 0 aliphatic rings. The molecule has 0 saturated heterocycles. The Morgan fingerprint density at radius 1 is 0.872 bits per heavy atom. The minimum Gasteiger partial charge on any atom is -0.494 e. The molecule has 8 nitrogen and oxygen atoms in total. The fourth-order valence-corrected chi connectivity index (χ4v) is 6.52. The second-order valence-electron chi connectivity index (χ2n) is 11.4. The summed E-state index contributed by atoms with van der Waals surface area (Å²) in [6.07, 6.45) is 0.900. The van der Waals surface area contributed by atoms with E-state index in [1.54, 1.807) is 12.1 Å². The van der Waals surface area contributed by atoms with Crippen molar-refractivity contribution in [2.24, 2.45) is 0 Å². The van der Waals surface area contributed by atoms with Crippen LogP contribution in [0.5, 0.6) is 5.75 Å². The Morgan fingerprint density at radius 3 is 2.13 bits per heavy atom. The topological polar surface area (TPSA) is 96.0 Å². The number of anilines is 1. The van der Waals surface area contributed by atoms with Gasteiger partial charge in [-0.3, -0.25) is 13.9 Å². The Hall–Kier alpha value is -4.70. The summed E-state index contributed by atoms with van der Waals surface area (Å²) in [7, 11) is -4.33. The highest BCUT2D eigenvalue weighted by Gasteiger charge is 2.35. The number of aryl methyl sites for hydroxylation is 1. The van der Waals surface area contributed by atoms with Gasteiger partial charge in [-0.15, -0.1) is 0 Å². The first-order chi connectivity index (χ1) is 22.5. The van der Waals surface area contributed by atoms with E-state index in [0.717, 1.165) is 33.1 Å². The van der Waals surface area contributed by atoms with Crippen molar-refractivity contribution < 1.29 is 27.1 Å². The molecule has 47 heavy (non-hydrogen) atoms. The second kappa shape index (κ2) is 16.2. The predicted molar refractivity (Wildman–Crippen MR) is 182 cm³/mol. The van der Waals surface area contributed by atoms with Crippen molar-refractivity contribution in [3.8, 4) is 5.75 Å². The lowest BCUT2D eigenvalue weighted by Gasteiger charge is -2.34. The van der Waals surface area contributed by atoms with E-state index in [9.17, 15) is 22.4 Å². The molecule has 0 aliphatic carbocycles. The molecule has 0 fully saturated rings. The third kappa shape index (κ3) is 9.19. The summed E-state index contributed by atoms with van der Waals surface area (Å²) in [5.74, 6) is -0.985. The molecule has 0 bridgehead atoms. The number of hydrogen-bond acceptors (Lipinski definition) is 5. The van der Waals surface area contributed by atoms with E-state index >= 15 is 0 Å². The fourth-order valence-electron chi connectivity index (χ4n) is 5.10. The van der Waals surface area contributed by atoms with Gasteiger partial charge in [-0.2, -0.15) is 0 Å². The van der Waals surface area contributed by atoms with E-state index in [0.29, 0.717) is 18.8 Å². The van der Waals surface area contributed by atoms with Crippen molar-refractivity contribution in [3.05, 3.63) is 126 Å². The molecule has 0 aliphatic heterocycles. The highest BCUT2D eigenvalue weighted by molar-refractivity contribution is 7.92. The molecule has 4 aromatic carbocycles. The number of nitrogens with zero attached hydrogens (tertiary/aromatic N) is 2. The number of carbonyl (C=O) groups excluding carboxylic acids is 2. The molecule has 0 aromatic heterocycles. The molecule has 0 spiro atoms. The minimum absolute atomic E-state index is 0.0668. The van der Waals surface area contributed by atoms with Crippen LogP contribution in [0.25, 0.3) is 0 Å². The van der Waals surface area contributed by atoms with Crippen molar-refractivity contribution in [3.63, 3.8) is 0 Å². The number of sulfonamides is 1. The molecule has 2 amide bonds. The molecule has 4 aromatic rings. The third-order valence-electron chi connectivity index (χ3n) is 7.99. The molecule has 248 valence electrons. The van der Waals surface area contributed by atoms with Gasteiger partial charge in [0.05, 0.1) is 17.2 Å². The number of halogens is 1. The van der Waals surface area contributed by atoms with Gasteiger partial charge in [0.1, 0.15) is 24.2 Å². The number of hydrogen-bond donors (Lipinski definition) is 1. The van der Waals surface area contributed by atoms with E-state index in [1.165, 1.54) is 29.2 Å².